The molecule has 0 saturated carbocycles. The van der Waals surface area contributed by atoms with Gasteiger partial charge >= 0.3 is 0 Å². The molecule has 1 saturated heterocycles. The van der Waals surface area contributed by atoms with Crippen molar-refractivity contribution >= 4 is 23.2 Å². The van der Waals surface area contributed by atoms with Crippen LogP contribution in [-0.4, -0.2) is 60.5 Å². The van der Waals surface area contributed by atoms with Gasteiger partial charge in [-0.2, -0.15) is 0 Å². The van der Waals surface area contributed by atoms with Gasteiger partial charge in [0.05, 0.1) is 5.51 Å². The van der Waals surface area contributed by atoms with Crippen molar-refractivity contribution in [3.63, 3.8) is 0 Å². The summed E-state index contributed by atoms with van der Waals surface area (Å²) >= 11 is 1.41. The highest BCUT2D eigenvalue weighted by molar-refractivity contribution is 7.07. The Hall–Kier alpha value is -2.29. The molecule has 3 N–H and O–H groups in total. The molecule has 0 bridgehead atoms. The highest BCUT2D eigenvalue weighted by Gasteiger charge is 2.32. The van der Waals surface area contributed by atoms with Crippen LogP contribution in [0.15, 0.2) is 29.1 Å². The molecular formula is C19H23N5O2S. The summed E-state index contributed by atoms with van der Waals surface area (Å²) in [6.07, 6.45) is 0.979. The third kappa shape index (κ3) is 4.02. The molecule has 0 spiro atoms. The maximum Gasteiger partial charge on any atom is 0.270 e. The molecule has 0 atom stereocenters. The van der Waals surface area contributed by atoms with Gasteiger partial charge in [-0.3, -0.25) is 9.59 Å². The van der Waals surface area contributed by atoms with E-state index >= 15 is 0 Å². The zero-order chi connectivity index (χ0) is 18.6. The third-order valence-electron chi connectivity index (χ3n) is 5.05. The second kappa shape index (κ2) is 8.16. The monoisotopic (exact) mass is 385 g/mol. The summed E-state index contributed by atoms with van der Waals surface area (Å²) in [5.74, 6) is -0.0311. The van der Waals surface area contributed by atoms with Crippen LogP contribution >= 0.6 is 11.3 Å². The van der Waals surface area contributed by atoms with E-state index in [-0.39, 0.29) is 17.9 Å². The Kier molecular flexibility index (Phi) is 5.47. The summed E-state index contributed by atoms with van der Waals surface area (Å²) in [4.78, 5) is 30.5. The number of rotatable bonds is 6. The zero-order valence-corrected chi connectivity index (χ0v) is 15.8. The Bertz CT molecular complexity index is 818. The van der Waals surface area contributed by atoms with Crippen LogP contribution in [0.25, 0.3) is 0 Å². The SMILES string of the molecule is O=C(NCCNC1CN(C(=O)c2cccc3c2CNCC3)C1)c1cscn1. The Morgan fingerprint density at radius 3 is 3.00 bits per heavy atom. The fourth-order valence-corrected chi connectivity index (χ4v) is 4.06. The van der Waals surface area contributed by atoms with E-state index in [0.29, 0.717) is 31.9 Å². The van der Waals surface area contributed by atoms with Crippen molar-refractivity contribution in [2.24, 2.45) is 0 Å². The van der Waals surface area contributed by atoms with Gasteiger partial charge in [0.1, 0.15) is 5.69 Å². The van der Waals surface area contributed by atoms with E-state index < -0.39 is 0 Å². The van der Waals surface area contributed by atoms with Crippen LogP contribution in [-0.2, 0) is 13.0 Å². The molecule has 4 rings (SSSR count). The fraction of sp³-hybridized carbons (Fsp3) is 0.421. The van der Waals surface area contributed by atoms with Crippen molar-refractivity contribution in [3.8, 4) is 0 Å². The molecule has 2 aliphatic heterocycles. The first kappa shape index (κ1) is 18.1. The summed E-state index contributed by atoms with van der Waals surface area (Å²) in [5, 5.41) is 11.3. The molecule has 1 fully saturated rings. The largest absolute Gasteiger partial charge is 0.349 e. The summed E-state index contributed by atoms with van der Waals surface area (Å²) in [6, 6.07) is 6.32. The average molecular weight is 385 g/mol. The molecule has 142 valence electrons. The van der Waals surface area contributed by atoms with Crippen LogP contribution in [0.5, 0.6) is 0 Å². The molecule has 1 aromatic heterocycles. The van der Waals surface area contributed by atoms with Gasteiger partial charge in [0.2, 0.25) is 0 Å². The van der Waals surface area contributed by atoms with Gasteiger partial charge < -0.3 is 20.9 Å². The Balaban J connectivity index is 1.21. The van der Waals surface area contributed by atoms with E-state index in [9.17, 15) is 9.59 Å². The van der Waals surface area contributed by atoms with Crippen LogP contribution in [0.2, 0.25) is 0 Å². The van der Waals surface area contributed by atoms with E-state index in [4.69, 9.17) is 0 Å². The zero-order valence-electron chi connectivity index (χ0n) is 15.0. The van der Waals surface area contributed by atoms with E-state index in [2.05, 4.69) is 27.0 Å². The second-order valence-corrected chi connectivity index (χ2v) is 7.58. The molecule has 7 nitrogen and oxygen atoms in total. The van der Waals surface area contributed by atoms with Crippen LogP contribution in [0.3, 0.4) is 0 Å². The van der Waals surface area contributed by atoms with Crippen molar-refractivity contribution in [3.05, 3.63) is 51.5 Å². The lowest BCUT2D eigenvalue weighted by atomic mass is 9.94. The fourth-order valence-electron chi connectivity index (χ4n) is 3.53. The molecule has 2 aromatic rings. The minimum atomic E-state index is -0.147. The Morgan fingerprint density at radius 1 is 1.30 bits per heavy atom. The Morgan fingerprint density at radius 2 is 2.19 bits per heavy atom. The number of likely N-dealkylation sites (tertiary alicyclic amines) is 1. The number of amides is 2. The minimum absolute atomic E-state index is 0.116. The number of nitrogens with one attached hydrogen (secondary N) is 3. The van der Waals surface area contributed by atoms with Gasteiger partial charge in [-0.1, -0.05) is 12.1 Å². The number of nitrogens with zero attached hydrogens (tertiary/aromatic N) is 2. The molecule has 0 aliphatic carbocycles. The molecule has 2 amide bonds. The number of benzene rings is 1. The number of hydrogen-bond acceptors (Lipinski definition) is 6. The first-order valence-corrected chi connectivity index (χ1v) is 10.2. The number of carbonyl (C=O) groups excluding carboxylic acids is 2. The topological polar surface area (TPSA) is 86.4 Å². The average Bonchev–Trinajstić information content (AvgIpc) is 3.20. The first-order valence-electron chi connectivity index (χ1n) is 9.23. The van der Waals surface area contributed by atoms with Crippen molar-refractivity contribution < 1.29 is 9.59 Å². The van der Waals surface area contributed by atoms with Crippen molar-refractivity contribution in [2.45, 2.75) is 19.0 Å². The Labute approximate surface area is 162 Å². The van der Waals surface area contributed by atoms with Gasteiger partial charge in [-0.05, 0) is 30.2 Å². The van der Waals surface area contributed by atoms with Gasteiger partial charge in [-0.25, -0.2) is 4.98 Å². The lowest BCUT2D eigenvalue weighted by molar-refractivity contribution is 0.0567. The van der Waals surface area contributed by atoms with E-state index in [1.807, 2.05) is 17.0 Å². The highest BCUT2D eigenvalue weighted by atomic mass is 32.1. The normalized spacial score (nSPS) is 16.5. The minimum Gasteiger partial charge on any atom is -0.349 e. The third-order valence-corrected chi connectivity index (χ3v) is 5.64. The molecular weight excluding hydrogens is 362 g/mol. The van der Waals surface area contributed by atoms with Gasteiger partial charge in [0, 0.05) is 49.7 Å². The molecule has 0 radical (unpaired) electrons. The van der Waals surface area contributed by atoms with Crippen LogP contribution < -0.4 is 16.0 Å². The van der Waals surface area contributed by atoms with E-state index in [0.717, 1.165) is 30.6 Å². The lowest BCUT2D eigenvalue weighted by Gasteiger charge is -2.40. The van der Waals surface area contributed by atoms with E-state index in [1.54, 1.807) is 10.9 Å². The lowest BCUT2D eigenvalue weighted by Crippen LogP contribution is -2.60. The quantitative estimate of drug-likeness (QED) is 0.635. The van der Waals surface area contributed by atoms with Gasteiger partial charge in [0.25, 0.3) is 11.8 Å². The maximum absolute atomic E-state index is 12.8. The predicted molar refractivity (Wildman–Crippen MR) is 104 cm³/mol. The number of thiazole rings is 1. The number of hydrogen-bond donors (Lipinski definition) is 3. The molecule has 3 heterocycles. The van der Waals surface area contributed by atoms with Crippen LogP contribution in [0.4, 0.5) is 0 Å². The van der Waals surface area contributed by atoms with Crippen molar-refractivity contribution in [1.29, 1.82) is 0 Å². The molecule has 0 unspecified atom stereocenters. The molecule has 27 heavy (non-hydrogen) atoms. The highest BCUT2D eigenvalue weighted by Crippen LogP contribution is 2.22. The summed E-state index contributed by atoms with van der Waals surface area (Å²) in [7, 11) is 0. The van der Waals surface area contributed by atoms with Gasteiger partial charge in [0.15, 0.2) is 0 Å². The smallest absolute Gasteiger partial charge is 0.270 e. The second-order valence-electron chi connectivity index (χ2n) is 6.86. The predicted octanol–water partition coefficient (Wildman–Crippen LogP) is 0.633. The van der Waals surface area contributed by atoms with Crippen LogP contribution in [0, 0.1) is 0 Å². The van der Waals surface area contributed by atoms with Crippen molar-refractivity contribution in [1.82, 2.24) is 25.8 Å². The number of carbonyl (C=O) groups is 2. The molecule has 1 aromatic carbocycles. The summed E-state index contributed by atoms with van der Waals surface area (Å²) < 4.78 is 0. The van der Waals surface area contributed by atoms with E-state index in [1.165, 1.54) is 16.9 Å². The standard InChI is InChI=1S/C19H23N5O2S/c25-18(17-11-27-12-23-17)22-7-6-21-14-9-24(10-14)19(26)15-3-1-2-13-4-5-20-8-16(13)15/h1-3,11-12,14,20-21H,4-10H2,(H,22,25). The first-order chi connectivity index (χ1) is 13.2. The summed E-state index contributed by atoms with van der Waals surface area (Å²) in [5.41, 5.74) is 5.36. The van der Waals surface area contributed by atoms with Crippen LogP contribution in [0.1, 0.15) is 32.0 Å². The molecule has 2 aliphatic rings. The molecule has 8 heteroatoms. The maximum atomic E-state index is 12.8. The van der Waals surface area contributed by atoms with Crippen molar-refractivity contribution in [2.75, 3.05) is 32.7 Å². The number of aromatic nitrogens is 1. The van der Waals surface area contributed by atoms with Gasteiger partial charge in [-0.15, -0.1) is 11.3 Å². The number of fused-ring (bicyclic) bond motifs is 1. The summed E-state index contributed by atoms with van der Waals surface area (Å²) in [6.45, 7) is 4.36.